The second-order valence-corrected chi connectivity index (χ2v) is 6.18. The summed E-state index contributed by atoms with van der Waals surface area (Å²) in [5.41, 5.74) is 1.24. The zero-order chi connectivity index (χ0) is 13.7. The number of hydrogen-bond acceptors (Lipinski definition) is 2. The molecule has 1 amide bonds. The van der Waals surface area contributed by atoms with E-state index in [-0.39, 0.29) is 17.9 Å². The van der Waals surface area contributed by atoms with E-state index in [9.17, 15) is 4.79 Å². The zero-order valence-electron chi connectivity index (χ0n) is 11.3. The Kier molecular flexibility index (Phi) is 5.40. The Morgan fingerprint density at radius 3 is 2.89 bits per heavy atom. The third-order valence-electron chi connectivity index (χ3n) is 3.53. The molecule has 2 rings (SSSR count). The zero-order valence-corrected chi connectivity index (χ0v) is 12.9. The van der Waals surface area contributed by atoms with E-state index in [1.165, 1.54) is 5.56 Å². The molecule has 1 heterocycles. The van der Waals surface area contributed by atoms with Crippen molar-refractivity contribution in [3.05, 3.63) is 34.3 Å². The molecule has 1 fully saturated rings. The quantitative estimate of drug-likeness (QED) is 0.893. The van der Waals surface area contributed by atoms with Gasteiger partial charge in [0.2, 0.25) is 5.91 Å². The molecular weight excluding hydrogens is 304 g/mol. The lowest BCUT2D eigenvalue weighted by molar-refractivity contribution is -0.126. The van der Waals surface area contributed by atoms with Crippen LogP contribution in [-0.2, 0) is 11.2 Å². The van der Waals surface area contributed by atoms with E-state index in [2.05, 4.69) is 45.6 Å². The molecule has 2 N–H and O–H groups in total. The van der Waals surface area contributed by atoms with Gasteiger partial charge in [0.25, 0.3) is 0 Å². The standard InChI is InChI=1S/C15H21BrN2O/c1-11(9-12-3-2-4-14(16)10-12)18-15(19)13-5-7-17-8-6-13/h2-4,10-11,13,17H,5-9H2,1H3,(H,18,19). The molecule has 0 aromatic heterocycles. The van der Waals surface area contributed by atoms with Crippen LogP contribution in [0.4, 0.5) is 0 Å². The molecule has 0 saturated carbocycles. The van der Waals surface area contributed by atoms with E-state index >= 15 is 0 Å². The lowest BCUT2D eigenvalue weighted by Crippen LogP contribution is -2.42. The Hall–Kier alpha value is -0.870. The van der Waals surface area contributed by atoms with Crippen molar-refractivity contribution in [3.8, 4) is 0 Å². The number of amides is 1. The van der Waals surface area contributed by atoms with Crippen molar-refractivity contribution in [2.24, 2.45) is 5.92 Å². The number of rotatable bonds is 4. The summed E-state index contributed by atoms with van der Waals surface area (Å²) < 4.78 is 1.09. The van der Waals surface area contributed by atoms with Gasteiger partial charge in [0.15, 0.2) is 0 Å². The molecule has 1 atom stereocenters. The number of carbonyl (C=O) groups is 1. The molecule has 0 bridgehead atoms. The van der Waals surface area contributed by atoms with Crippen molar-refractivity contribution in [2.45, 2.75) is 32.2 Å². The molecule has 4 heteroatoms. The van der Waals surface area contributed by atoms with Gasteiger partial charge in [-0.25, -0.2) is 0 Å². The monoisotopic (exact) mass is 324 g/mol. The average molecular weight is 325 g/mol. The van der Waals surface area contributed by atoms with Crippen LogP contribution in [-0.4, -0.2) is 25.0 Å². The van der Waals surface area contributed by atoms with Gasteiger partial charge in [-0.15, -0.1) is 0 Å². The van der Waals surface area contributed by atoms with Gasteiger partial charge < -0.3 is 10.6 Å². The second kappa shape index (κ2) is 7.06. The third-order valence-corrected chi connectivity index (χ3v) is 4.02. The van der Waals surface area contributed by atoms with Crippen molar-refractivity contribution in [2.75, 3.05) is 13.1 Å². The predicted octanol–water partition coefficient (Wildman–Crippen LogP) is 2.50. The fourth-order valence-electron chi connectivity index (χ4n) is 2.51. The highest BCUT2D eigenvalue weighted by Gasteiger charge is 2.21. The summed E-state index contributed by atoms with van der Waals surface area (Å²) in [5.74, 6) is 0.398. The van der Waals surface area contributed by atoms with Crippen molar-refractivity contribution < 1.29 is 4.79 Å². The summed E-state index contributed by atoms with van der Waals surface area (Å²) in [7, 11) is 0. The normalized spacial score (nSPS) is 18.0. The number of benzene rings is 1. The van der Waals surface area contributed by atoms with E-state index in [1.54, 1.807) is 0 Å². The third kappa shape index (κ3) is 4.62. The maximum atomic E-state index is 12.1. The van der Waals surface area contributed by atoms with Gasteiger partial charge in [0, 0.05) is 16.4 Å². The first-order valence-electron chi connectivity index (χ1n) is 6.90. The molecule has 1 unspecified atom stereocenters. The molecule has 0 radical (unpaired) electrons. The Bertz CT molecular complexity index is 430. The Morgan fingerprint density at radius 1 is 1.47 bits per heavy atom. The van der Waals surface area contributed by atoms with Gasteiger partial charge in [-0.05, 0) is 57.0 Å². The summed E-state index contributed by atoms with van der Waals surface area (Å²) in [5, 5.41) is 6.42. The highest BCUT2D eigenvalue weighted by atomic mass is 79.9. The Morgan fingerprint density at radius 2 is 2.21 bits per heavy atom. The number of nitrogens with one attached hydrogen (secondary N) is 2. The van der Waals surface area contributed by atoms with Crippen molar-refractivity contribution in [1.82, 2.24) is 10.6 Å². The summed E-state index contributed by atoms with van der Waals surface area (Å²) in [6.45, 7) is 3.98. The molecule has 1 aliphatic rings. The second-order valence-electron chi connectivity index (χ2n) is 5.27. The van der Waals surface area contributed by atoms with Crippen molar-refractivity contribution in [3.63, 3.8) is 0 Å². The van der Waals surface area contributed by atoms with Crippen LogP contribution >= 0.6 is 15.9 Å². The first-order chi connectivity index (χ1) is 9.15. The molecule has 104 valence electrons. The first kappa shape index (κ1) is 14.5. The van der Waals surface area contributed by atoms with Gasteiger partial charge in [-0.3, -0.25) is 4.79 Å². The Labute approximate surface area is 123 Å². The van der Waals surface area contributed by atoms with Crippen LogP contribution in [0.1, 0.15) is 25.3 Å². The van der Waals surface area contributed by atoms with Crippen LogP contribution < -0.4 is 10.6 Å². The van der Waals surface area contributed by atoms with Crippen LogP contribution in [0.2, 0.25) is 0 Å². The molecule has 1 aliphatic heterocycles. The molecule has 1 aromatic rings. The molecule has 0 spiro atoms. The first-order valence-corrected chi connectivity index (χ1v) is 7.70. The largest absolute Gasteiger partial charge is 0.353 e. The summed E-state index contributed by atoms with van der Waals surface area (Å²) in [6, 6.07) is 8.42. The van der Waals surface area contributed by atoms with Crippen LogP contribution in [0.25, 0.3) is 0 Å². The van der Waals surface area contributed by atoms with Gasteiger partial charge in [0.05, 0.1) is 0 Å². The smallest absolute Gasteiger partial charge is 0.223 e. The van der Waals surface area contributed by atoms with Gasteiger partial charge >= 0.3 is 0 Å². The lowest BCUT2D eigenvalue weighted by atomic mass is 9.96. The minimum absolute atomic E-state index is 0.177. The summed E-state index contributed by atoms with van der Waals surface area (Å²) >= 11 is 3.47. The SMILES string of the molecule is CC(Cc1cccc(Br)c1)NC(=O)C1CCNCC1. The van der Waals surface area contributed by atoms with Crippen LogP contribution in [0.15, 0.2) is 28.7 Å². The van der Waals surface area contributed by atoms with E-state index in [0.29, 0.717) is 0 Å². The number of halogens is 1. The predicted molar refractivity (Wildman–Crippen MR) is 81.0 cm³/mol. The van der Waals surface area contributed by atoms with Gasteiger partial charge in [-0.1, -0.05) is 28.1 Å². The fourth-order valence-corrected chi connectivity index (χ4v) is 2.96. The fraction of sp³-hybridized carbons (Fsp3) is 0.533. The van der Waals surface area contributed by atoms with E-state index in [0.717, 1.165) is 36.8 Å². The molecule has 1 aromatic carbocycles. The van der Waals surface area contributed by atoms with E-state index in [4.69, 9.17) is 0 Å². The highest BCUT2D eigenvalue weighted by Crippen LogP contribution is 2.14. The van der Waals surface area contributed by atoms with Crippen LogP contribution in [0.5, 0.6) is 0 Å². The molecule has 19 heavy (non-hydrogen) atoms. The van der Waals surface area contributed by atoms with Gasteiger partial charge in [0.1, 0.15) is 0 Å². The molecular formula is C15H21BrN2O. The summed E-state index contributed by atoms with van der Waals surface area (Å²) in [6.07, 6.45) is 2.78. The highest BCUT2D eigenvalue weighted by molar-refractivity contribution is 9.10. The number of carbonyl (C=O) groups excluding carboxylic acids is 1. The topological polar surface area (TPSA) is 41.1 Å². The van der Waals surface area contributed by atoms with Crippen molar-refractivity contribution in [1.29, 1.82) is 0 Å². The lowest BCUT2D eigenvalue weighted by Gasteiger charge is -2.24. The minimum atomic E-state index is 0.177. The van der Waals surface area contributed by atoms with Crippen molar-refractivity contribution >= 4 is 21.8 Å². The average Bonchev–Trinajstić information content (AvgIpc) is 2.39. The minimum Gasteiger partial charge on any atom is -0.353 e. The maximum Gasteiger partial charge on any atom is 0.223 e. The molecule has 3 nitrogen and oxygen atoms in total. The van der Waals surface area contributed by atoms with Gasteiger partial charge in [-0.2, -0.15) is 0 Å². The molecule has 0 aliphatic carbocycles. The van der Waals surface area contributed by atoms with E-state index < -0.39 is 0 Å². The Balaban J connectivity index is 1.83. The van der Waals surface area contributed by atoms with Crippen LogP contribution in [0, 0.1) is 5.92 Å². The number of piperidine rings is 1. The summed E-state index contributed by atoms with van der Waals surface area (Å²) in [4.78, 5) is 12.1. The van der Waals surface area contributed by atoms with E-state index in [1.807, 2.05) is 12.1 Å². The maximum absolute atomic E-state index is 12.1. The number of hydrogen-bond donors (Lipinski definition) is 2. The van der Waals surface area contributed by atoms with Crippen LogP contribution in [0.3, 0.4) is 0 Å². The molecule has 1 saturated heterocycles.